The van der Waals surface area contributed by atoms with Crippen LogP contribution in [0.2, 0.25) is 0 Å². The Balaban J connectivity index is 2.28. The molecule has 0 aliphatic rings. The van der Waals surface area contributed by atoms with E-state index >= 15 is 0 Å². The molecule has 1 heterocycles. The van der Waals surface area contributed by atoms with E-state index in [-0.39, 0.29) is 5.78 Å². The van der Waals surface area contributed by atoms with Gasteiger partial charge in [0.1, 0.15) is 5.58 Å². The van der Waals surface area contributed by atoms with Crippen molar-refractivity contribution in [1.82, 2.24) is 0 Å². The van der Waals surface area contributed by atoms with Crippen LogP contribution in [0, 0.1) is 5.41 Å². The van der Waals surface area contributed by atoms with E-state index < -0.39 is 5.41 Å². The van der Waals surface area contributed by atoms with Gasteiger partial charge in [0.15, 0.2) is 5.76 Å². The topological polar surface area (TPSA) is 30.2 Å². The summed E-state index contributed by atoms with van der Waals surface area (Å²) in [7, 11) is 0. The number of furan rings is 1. The van der Waals surface area contributed by atoms with Crippen LogP contribution in [0.5, 0.6) is 0 Å². The number of rotatable bonds is 1. The second kappa shape index (κ2) is 4.45. The number of hydrogen-bond donors (Lipinski definition) is 0. The van der Waals surface area contributed by atoms with Gasteiger partial charge in [0.2, 0.25) is 5.78 Å². The van der Waals surface area contributed by atoms with Gasteiger partial charge in [-0.1, -0.05) is 45.0 Å². The van der Waals surface area contributed by atoms with Crippen molar-refractivity contribution in [2.24, 2.45) is 5.41 Å². The van der Waals surface area contributed by atoms with Gasteiger partial charge in [0.05, 0.1) is 4.47 Å². The minimum Gasteiger partial charge on any atom is -0.452 e. The number of fused-ring (bicyclic) bond motifs is 2. The average molecular weight is 331 g/mol. The minimum absolute atomic E-state index is 0.0182. The Morgan fingerprint density at radius 2 is 1.80 bits per heavy atom. The van der Waals surface area contributed by atoms with Gasteiger partial charge < -0.3 is 4.42 Å². The summed E-state index contributed by atoms with van der Waals surface area (Å²) >= 11 is 3.59. The minimum atomic E-state index is -0.445. The van der Waals surface area contributed by atoms with Gasteiger partial charge in [-0.15, -0.1) is 0 Å². The Bertz CT molecular complexity index is 822. The Kier molecular flexibility index (Phi) is 2.98. The number of carbonyl (C=O) groups excluding carboxylic acids is 1. The lowest BCUT2D eigenvalue weighted by Gasteiger charge is -2.13. The van der Waals surface area contributed by atoms with Gasteiger partial charge in [0, 0.05) is 10.8 Å². The first-order valence-corrected chi connectivity index (χ1v) is 7.33. The number of benzene rings is 2. The number of halogens is 1. The molecule has 0 aliphatic carbocycles. The van der Waals surface area contributed by atoms with Crippen molar-refractivity contribution in [3.63, 3.8) is 0 Å². The summed E-state index contributed by atoms with van der Waals surface area (Å²) in [6.07, 6.45) is 0. The zero-order chi connectivity index (χ0) is 14.5. The molecule has 0 amide bonds. The predicted octanol–water partition coefficient (Wildman–Crippen LogP) is 5.58. The molecule has 0 spiro atoms. The van der Waals surface area contributed by atoms with Crippen LogP contribution in [0.3, 0.4) is 0 Å². The van der Waals surface area contributed by atoms with E-state index in [4.69, 9.17) is 4.42 Å². The Hall–Kier alpha value is -1.61. The standard InChI is InChI=1S/C17H15BrO2/c1-17(2,3)16(19)13-9-11-8-10-6-4-5-7-12(10)14(18)15(11)20-13/h4-9H,1-3H3. The lowest BCUT2D eigenvalue weighted by molar-refractivity contribution is 0.0831. The third-order valence-corrected chi connectivity index (χ3v) is 4.16. The van der Waals surface area contributed by atoms with Crippen LogP contribution in [0.1, 0.15) is 31.3 Å². The summed E-state index contributed by atoms with van der Waals surface area (Å²) in [4.78, 5) is 12.3. The second-order valence-corrected chi connectivity index (χ2v) is 6.81. The lowest BCUT2D eigenvalue weighted by atomic mass is 9.89. The molecule has 102 valence electrons. The van der Waals surface area contributed by atoms with Gasteiger partial charge >= 0.3 is 0 Å². The van der Waals surface area contributed by atoms with E-state index in [0.717, 1.165) is 26.2 Å². The Morgan fingerprint density at radius 3 is 2.50 bits per heavy atom. The van der Waals surface area contributed by atoms with Crippen LogP contribution in [-0.2, 0) is 0 Å². The normalized spacial score (nSPS) is 12.2. The molecule has 3 aromatic rings. The van der Waals surface area contributed by atoms with Crippen molar-refractivity contribution in [2.75, 3.05) is 0 Å². The highest BCUT2D eigenvalue weighted by atomic mass is 79.9. The fourth-order valence-electron chi connectivity index (χ4n) is 2.28. The van der Waals surface area contributed by atoms with Crippen LogP contribution >= 0.6 is 15.9 Å². The largest absolute Gasteiger partial charge is 0.452 e. The maximum atomic E-state index is 12.3. The molecule has 0 saturated carbocycles. The van der Waals surface area contributed by atoms with Crippen molar-refractivity contribution in [3.05, 3.63) is 46.6 Å². The molecule has 0 bridgehead atoms. The number of Topliss-reactive ketones (excluding diaryl/α,β-unsaturated/α-hetero) is 1. The predicted molar refractivity (Wildman–Crippen MR) is 85.2 cm³/mol. The lowest BCUT2D eigenvalue weighted by Crippen LogP contribution is -2.19. The van der Waals surface area contributed by atoms with Gasteiger partial charge in [-0.2, -0.15) is 0 Å². The van der Waals surface area contributed by atoms with E-state index in [2.05, 4.69) is 28.1 Å². The summed E-state index contributed by atoms with van der Waals surface area (Å²) in [6.45, 7) is 5.69. The van der Waals surface area contributed by atoms with Gasteiger partial charge in [-0.25, -0.2) is 0 Å². The van der Waals surface area contributed by atoms with Crippen LogP contribution in [0.15, 0.2) is 45.3 Å². The molecule has 0 aliphatic heterocycles. The third-order valence-electron chi connectivity index (χ3n) is 3.37. The summed E-state index contributed by atoms with van der Waals surface area (Å²) in [5.74, 6) is 0.438. The van der Waals surface area contributed by atoms with E-state index in [0.29, 0.717) is 5.76 Å². The zero-order valence-corrected chi connectivity index (χ0v) is 13.2. The summed E-state index contributed by atoms with van der Waals surface area (Å²) in [6, 6.07) is 12.0. The molecule has 20 heavy (non-hydrogen) atoms. The smallest absolute Gasteiger partial charge is 0.203 e. The number of carbonyl (C=O) groups is 1. The molecule has 2 aromatic carbocycles. The number of hydrogen-bond acceptors (Lipinski definition) is 2. The molecule has 0 atom stereocenters. The molecule has 3 heteroatoms. The highest BCUT2D eigenvalue weighted by Gasteiger charge is 2.26. The molecule has 0 saturated heterocycles. The maximum absolute atomic E-state index is 12.3. The van der Waals surface area contributed by atoms with Crippen LogP contribution in [0.25, 0.3) is 21.7 Å². The molecule has 0 unspecified atom stereocenters. The van der Waals surface area contributed by atoms with Gasteiger partial charge in [-0.05, 0) is 38.8 Å². The molecule has 0 N–H and O–H groups in total. The van der Waals surface area contributed by atoms with Crippen molar-refractivity contribution in [1.29, 1.82) is 0 Å². The molecule has 3 rings (SSSR count). The maximum Gasteiger partial charge on any atom is 0.203 e. The number of ketones is 1. The van der Waals surface area contributed by atoms with Crippen molar-refractivity contribution in [3.8, 4) is 0 Å². The summed E-state index contributed by atoms with van der Waals surface area (Å²) in [5, 5.41) is 3.16. The van der Waals surface area contributed by atoms with Crippen molar-refractivity contribution in [2.45, 2.75) is 20.8 Å². The van der Waals surface area contributed by atoms with Crippen LogP contribution < -0.4 is 0 Å². The highest BCUT2D eigenvalue weighted by molar-refractivity contribution is 9.10. The van der Waals surface area contributed by atoms with Gasteiger partial charge in [0.25, 0.3) is 0 Å². The van der Waals surface area contributed by atoms with Crippen molar-refractivity contribution < 1.29 is 9.21 Å². The molecule has 0 fully saturated rings. The summed E-state index contributed by atoms with van der Waals surface area (Å²) < 4.78 is 6.70. The van der Waals surface area contributed by atoms with E-state index in [9.17, 15) is 4.79 Å². The fourth-order valence-corrected chi connectivity index (χ4v) is 2.95. The quantitative estimate of drug-likeness (QED) is 0.545. The average Bonchev–Trinajstić information content (AvgIpc) is 2.81. The monoisotopic (exact) mass is 330 g/mol. The molecule has 0 radical (unpaired) electrons. The highest BCUT2D eigenvalue weighted by Crippen LogP contribution is 2.35. The molecule has 2 nitrogen and oxygen atoms in total. The Labute approximate surface area is 125 Å². The third kappa shape index (κ3) is 2.06. The first kappa shape index (κ1) is 13.4. The second-order valence-electron chi connectivity index (χ2n) is 6.02. The van der Waals surface area contributed by atoms with E-state index in [1.165, 1.54) is 0 Å². The van der Waals surface area contributed by atoms with E-state index in [1.54, 1.807) is 0 Å². The van der Waals surface area contributed by atoms with Crippen LogP contribution in [0.4, 0.5) is 0 Å². The zero-order valence-electron chi connectivity index (χ0n) is 11.7. The fraction of sp³-hybridized carbons (Fsp3) is 0.235. The SMILES string of the molecule is CC(C)(C)C(=O)c1cc2cc3ccccc3c(Br)c2o1. The molecular weight excluding hydrogens is 316 g/mol. The Morgan fingerprint density at radius 1 is 1.10 bits per heavy atom. The van der Waals surface area contributed by atoms with E-state index in [1.807, 2.05) is 45.0 Å². The first-order chi connectivity index (χ1) is 9.38. The molecule has 1 aromatic heterocycles. The molecular formula is C17H15BrO2. The van der Waals surface area contributed by atoms with Gasteiger partial charge in [-0.3, -0.25) is 4.79 Å². The van der Waals surface area contributed by atoms with Crippen molar-refractivity contribution >= 4 is 43.5 Å². The van der Waals surface area contributed by atoms with Crippen LogP contribution in [-0.4, -0.2) is 5.78 Å². The first-order valence-electron chi connectivity index (χ1n) is 6.53. The summed E-state index contributed by atoms with van der Waals surface area (Å²) in [5.41, 5.74) is 0.288.